The maximum atomic E-state index is 12.4. The van der Waals surface area contributed by atoms with Gasteiger partial charge >= 0.3 is 0 Å². The summed E-state index contributed by atoms with van der Waals surface area (Å²) in [4.78, 5) is 29.4. The second kappa shape index (κ2) is 7.30. The topological polar surface area (TPSA) is 67.8 Å². The summed E-state index contributed by atoms with van der Waals surface area (Å²) in [7, 11) is 0. The van der Waals surface area contributed by atoms with Gasteiger partial charge in [-0.25, -0.2) is 0 Å². The van der Waals surface area contributed by atoms with Gasteiger partial charge in [0.1, 0.15) is 6.10 Å². The van der Waals surface area contributed by atoms with Crippen LogP contribution in [0, 0.1) is 6.92 Å². The maximum Gasteiger partial charge on any atom is 0.252 e. The normalized spacial score (nSPS) is 16.1. The average Bonchev–Trinajstić information content (AvgIpc) is 3.09. The molecule has 1 aliphatic rings. The van der Waals surface area contributed by atoms with Crippen molar-refractivity contribution >= 4 is 17.4 Å². The lowest BCUT2D eigenvalue weighted by Crippen LogP contribution is -2.33. The van der Waals surface area contributed by atoms with E-state index in [0.29, 0.717) is 24.1 Å². The summed E-state index contributed by atoms with van der Waals surface area (Å²) in [6.07, 6.45) is 0.433. The highest BCUT2D eigenvalue weighted by molar-refractivity contribution is 6.07. The first-order chi connectivity index (χ1) is 12.0. The van der Waals surface area contributed by atoms with Gasteiger partial charge in [-0.1, -0.05) is 53.2 Å². The smallest absolute Gasteiger partial charge is 0.252 e. The van der Waals surface area contributed by atoms with E-state index in [1.807, 2.05) is 31.2 Å². The predicted octanol–water partition coefficient (Wildman–Crippen LogP) is 3.12. The Balaban J connectivity index is 1.58. The third kappa shape index (κ3) is 3.94. The fourth-order valence-electron chi connectivity index (χ4n) is 2.74. The van der Waals surface area contributed by atoms with Crippen LogP contribution >= 0.6 is 0 Å². The van der Waals surface area contributed by atoms with E-state index in [-0.39, 0.29) is 17.8 Å². The van der Waals surface area contributed by atoms with Crippen LogP contribution in [0.2, 0.25) is 0 Å². The van der Waals surface area contributed by atoms with Crippen molar-refractivity contribution < 1.29 is 14.4 Å². The van der Waals surface area contributed by atoms with Crippen molar-refractivity contribution in [2.45, 2.75) is 26.4 Å². The van der Waals surface area contributed by atoms with Crippen LogP contribution in [-0.2, 0) is 4.84 Å². The molecule has 3 rings (SSSR count). The zero-order valence-electron chi connectivity index (χ0n) is 14.3. The molecule has 1 N–H and O–H groups in total. The summed E-state index contributed by atoms with van der Waals surface area (Å²) in [5.41, 5.74) is 3.90. The molecule has 2 aromatic carbocycles. The van der Waals surface area contributed by atoms with Gasteiger partial charge in [-0.15, -0.1) is 0 Å². The van der Waals surface area contributed by atoms with Crippen molar-refractivity contribution in [2.24, 2.45) is 5.16 Å². The molecular weight excluding hydrogens is 316 g/mol. The number of hydrogen-bond acceptors (Lipinski definition) is 4. The first-order valence-corrected chi connectivity index (χ1v) is 8.22. The molecule has 25 heavy (non-hydrogen) atoms. The fourth-order valence-corrected chi connectivity index (χ4v) is 2.74. The van der Waals surface area contributed by atoms with Gasteiger partial charge in [-0.05, 0) is 25.5 Å². The summed E-state index contributed by atoms with van der Waals surface area (Å²) in [5.74, 6) is -0.411. The molecule has 0 spiro atoms. The second-order valence-corrected chi connectivity index (χ2v) is 6.15. The molecule has 0 aromatic heterocycles. The van der Waals surface area contributed by atoms with Gasteiger partial charge in [-0.2, -0.15) is 0 Å². The van der Waals surface area contributed by atoms with Gasteiger partial charge in [0.2, 0.25) is 0 Å². The SMILES string of the molecule is CC(=O)c1ccccc1C(=O)NC[C@@H]1CC(c2ccc(C)cc2)=NO1. The molecule has 128 valence electrons. The van der Waals surface area contributed by atoms with Crippen molar-refractivity contribution in [1.82, 2.24) is 5.32 Å². The lowest BCUT2D eigenvalue weighted by atomic mass is 10.0. The third-order valence-electron chi connectivity index (χ3n) is 4.16. The molecule has 0 saturated heterocycles. The molecule has 5 nitrogen and oxygen atoms in total. The number of ketones is 1. The number of nitrogens with zero attached hydrogens (tertiary/aromatic N) is 1. The number of amides is 1. The first-order valence-electron chi connectivity index (χ1n) is 8.22. The van der Waals surface area contributed by atoms with Crippen molar-refractivity contribution in [2.75, 3.05) is 6.54 Å². The van der Waals surface area contributed by atoms with Gasteiger partial charge in [0.25, 0.3) is 5.91 Å². The first kappa shape index (κ1) is 16.9. The number of benzene rings is 2. The highest BCUT2D eigenvalue weighted by Crippen LogP contribution is 2.17. The Labute approximate surface area is 146 Å². The number of nitrogens with one attached hydrogen (secondary N) is 1. The zero-order valence-corrected chi connectivity index (χ0v) is 14.3. The van der Waals surface area contributed by atoms with Crippen molar-refractivity contribution in [1.29, 1.82) is 0 Å². The van der Waals surface area contributed by atoms with Gasteiger partial charge < -0.3 is 10.2 Å². The molecule has 1 atom stereocenters. The number of aryl methyl sites for hydroxylation is 1. The van der Waals surface area contributed by atoms with Crippen LogP contribution in [0.15, 0.2) is 53.7 Å². The maximum absolute atomic E-state index is 12.4. The Morgan fingerprint density at radius 1 is 1.12 bits per heavy atom. The molecule has 1 amide bonds. The van der Waals surface area contributed by atoms with Gasteiger partial charge in [-0.3, -0.25) is 9.59 Å². The molecule has 5 heteroatoms. The van der Waals surface area contributed by atoms with Crippen molar-refractivity contribution in [3.8, 4) is 0 Å². The van der Waals surface area contributed by atoms with E-state index in [2.05, 4.69) is 10.5 Å². The number of carbonyl (C=O) groups is 2. The van der Waals surface area contributed by atoms with Crippen LogP contribution < -0.4 is 5.32 Å². The molecule has 0 aliphatic carbocycles. The molecular formula is C20H20N2O3. The summed E-state index contributed by atoms with van der Waals surface area (Å²) in [5, 5.41) is 6.95. The standard InChI is InChI=1S/C20H20N2O3/c1-13-7-9-15(10-8-13)19-11-16(25-22-19)12-21-20(24)18-6-4-3-5-17(18)14(2)23/h3-10,16H,11-12H2,1-2H3,(H,21,24)/t16-/m0/s1. The van der Waals surface area contributed by atoms with Gasteiger partial charge in [0, 0.05) is 12.0 Å². The minimum atomic E-state index is -0.279. The highest BCUT2D eigenvalue weighted by Gasteiger charge is 2.23. The minimum absolute atomic E-state index is 0.132. The van der Waals surface area contributed by atoms with E-state index in [4.69, 9.17) is 4.84 Å². The van der Waals surface area contributed by atoms with Crippen LogP contribution in [0.25, 0.3) is 0 Å². The van der Waals surface area contributed by atoms with Crippen LogP contribution in [0.3, 0.4) is 0 Å². The van der Waals surface area contributed by atoms with E-state index in [9.17, 15) is 9.59 Å². The third-order valence-corrected chi connectivity index (χ3v) is 4.16. The van der Waals surface area contributed by atoms with E-state index in [1.54, 1.807) is 24.3 Å². The van der Waals surface area contributed by atoms with Crippen molar-refractivity contribution in [3.05, 3.63) is 70.8 Å². The van der Waals surface area contributed by atoms with Gasteiger partial charge in [0.05, 0.1) is 17.8 Å². The van der Waals surface area contributed by atoms with Gasteiger partial charge in [0.15, 0.2) is 5.78 Å². The van der Waals surface area contributed by atoms with Crippen LogP contribution in [0.1, 0.15) is 45.2 Å². The molecule has 0 bridgehead atoms. The Bertz CT molecular complexity index is 825. The Morgan fingerprint density at radius 3 is 2.48 bits per heavy atom. The summed E-state index contributed by atoms with van der Waals surface area (Å²) >= 11 is 0. The number of oxime groups is 1. The van der Waals surface area contributed by atoms with E-state index in [1.165, 1.54) is 12.5 Å². The van der Waals surface area contributed by atoms with E-state index >= 15 is 0 Å². The second-order valence-electron chi connectivity index (χ2n) is 6.15. The van der Waals surface area contributed by atoms with Crippen LogP contribution in [0.4, 0.5) is 0 Å². The van der Waals surface area contributed by atoms with E-state index < -0.39 is 0 Å². The largest absolute Gasteiger partial charge is 0.390 e. The number of carbonyl (C=O) groups excluding carboxylic acids is 2. The summed E-state index contributed by atoms with van der Waals surface area (Å²) < 4.78 is 0. The quantitative estimate of drug-likeness (QED) is 0.853. The molecule has 0 saturated carbocycles. The lowest BCUT2D eigenvalue weighted by Gasteiger charge is -2.11. The number of rotatable bonds is 5. The Kier molecular flexibility index (Phi) is 4.93. The number of Topliss-reactive ketones (excluding diaryl/α,β-unsaturated/α-hetero) is 1. The predicted molar refractivity (Wildman–Crippen MR) is 96.0 cm³/mol. The molecule has 2 aromatic rings. The Morgan fingerprint density at radius 2 is 1.80 bits per heavy atom. The highest BCUT2D eigenvalue weighted by atomic mass is 16.6. The molecule has 1 aliphatic heterocycles. The van der Waals surface area contributed by atoms with Crippen LogP contribution in [-0.4, -0.2) is 30.1 Å². The molecule has 0 unspecified atom stereocenters. The monoisotopic (exact) mass is 336 g/mol. The summed E-state index contributed by atoms with van der Waals surface area (Å²) in [6.45, 7) is 3.83. The molecule has 0 fully saturated rings. The Hall–Kier alpha value is -2.95. The minimum Gasteiger partial charge on any atom is -0.390 e. The average molecular weight is 336 g/mol. The zero-order chi connectivity index (χ0) is 17.8. The van der Waals surface area contributed by atoms with Crippen molar-refractivity contribution in [3.63, 3.8) is 0 Å². The molecule has 1 heterocycles. The van der Waals surface area contributed by atoms with Crippen LogP contribution in [0.5, 0.6) is 0 Å². The molecule has 0 radical (unpaired) electrons. The van der Waals surface area contributed by atoms with E-state index in [0.717, 1.165) is 11.3 Å². The summed E-state index contributed by atoms with van der Waals surface area (Å²) in [6, 6.07) is 14.9. The number of hydrogen-bond donors (Lipinski definition) is 1. The fraction of sp³-hybridized carbons (Fsp3) is 0.250. The lowest BCUT2D eigenvalue weighted by molar-refractivity contribution is 0.0752.